The molecule has 3 rings (SSSR count). The first-order valence-electron chi connectivity index (χ1n) is 7.53. The molecule has 1 aromatic heterocycles. The summed E-state index contributed by atoms with van der Waals surface area (Å²) in [5, 5.41) is 11.1. The lowest BCUT2D eigenvalue weighted by atomic mass is 9.82. The van der Waals surface area contributed by atoms with Crippen LogP contribution in [0.4, 0.5) is 0 Å². The zero-order valence-corrected chi connectivity index (χ0v) is 12.7. The van der Waals surface area contributed by atoms with Crippen LogP contribution >= 0.6 is 0 Å². The minimum Gasteiger partial charge on any atom is -0.464 e. The smallest absolute Gasteiger partial charge is 0.335 e. The maximum Gasteiger partial charge on any atom is 0.335 e. The van der Waals surface area contributed by atoms with E-state index in [0.717, 1.165) is 22.0 Å². The molecule has 5 nitrogen and oxygen atoms in total. The van der Waals surface area contributed by atoms with Crippen molar-refractivity contribution in [2.24, 2.45) is 5.92 Å². The third-order valence-corrected chi connectivity index (χ3v) is 4.26. The Balaban J connectivity index is 1.96. The molecule has 2 atom stereocenters. The van der Waals surface area contributed by atoms with E-state index in [1.54, 1.807) is 6.92 Å². The lowest BCUT2D eigenvalue weighted by Gasteiger charge is -2.24. The number of aliphatic hydroxyl groups is 1. The van der Waals surface area contributed by atoms with E-state index < -0.39 is 18.0 Å². The number of nitrogens with one attached hydrogen (secondary N) is 1. The van der Waals surface area contributed by atoms with E-state index in [1.165, 1.54) is 0 Å². The number of carbonyl (C=O) groups is 2. The maximum absolute atomic E-state index is 12.6. The van der Waals surface area contributed by atoms with Gasteiger partial charge in [-0.15, -0.1) is 0 Å². The normalized spacial score (nSPS) is 19.0. The molecule has 0 bridgehead atoms. The van der Waals surface area contributed by atoms with Gasteiger partial charge in [-0.25, -0.2) is 4.79 Å². The molecule has 0 amide bonds. The quantitative estimate of drug-likeness (QED) is 0.851. The first kappa shape index (κ1) is 14.8. The van der Waals surface area contributed by atoms with E-state index in [9.17, 15) is 14.7 Å². The van der Waals surface area contributed by atoms with E-state index in [2.05, 4.69) is 11.1 Å². The van der Waals surface area contributed by atoms with Crippen molar-refractivity contribution in [2.45, 2.75) is 32.8 Å². The van der Waals surface area contributed by atoms with Gasteiger partial charge in [-0.2, -0.15) is 0 Å². The number of fused-ring (bicyclic) bond motifs is 3. The standard InChI is InChI=1S/C17H19NO4/c1-3-22-17(21)16(20)11-6-5-10-12-8-9(2)4-7-13(12)18-14(10)15(11)19/h4,7-8,11,16,18,20H,3,5-6H2,1-2H3/t11-,16-/m1/s1. The predicted molar refractivity (Wildman–Crippen MR) is 81.8 cm³/mol. The van der Waals surface area contributed by atoms with Gasteiger partial charge < -0.3 is 14.8 Å². The summed E-state index contributed by atoms with van der Waals surface area (Å²) in [6.07, 6.45) is -0.285. The highest BCUT2D eigenvalue weighted by atomic mass is 16.5. The molecule has 0 unspecified atom stereocenters. The molecule has 0 saturated carbocycles. The molecular weight excluding hydrogens is 282 g/mol. The fraction of sp³-hybridized carbons (Fsp3) is 0.412. The SMILES string of the molecule is CCOC(=O)[C@H](O)[C@@H]1CCc2c([nH]c3ccc(C)cc23)C1=O. The van der Waals surface area contributed by atoms with Gasteiger partial charge in [-0.3, -0.25) is 4.79 Å². The number of hydrogen-bond acceptors (Lipinski definition) is 4. The van der Waals surface area contributed by atoms with Gasteiger partial charge in [-0.05, 0) is 44.4 Å². The van der Waals surface area contributed by atoms with E-state index in [-0.39, 0.29) is 12.4 Å². The number of esters is 1. The summed E-state index contributed by atoms with van der Waals surface area (Å²) in [6, 6.07) is 5.99. The van der Waals surface area contributed by atoms with Crippen molar-refractivity contribution in [3.8, 4) is 0 Å². The molecule has 0 fully saturated rings. The van der Waals surface area contributed by atoms with Crippen LogP contribution in [0.3, 0.4) is 0 Å². The molecule has 5 heteroatoms. The lowest BCUT2D eigenvalue weighted by Crippen LogP contribution is -2.38. The van der Waals surface area contributed by atoms with Crippen LogP contribution in [0.5, 0.6) is 0 Å². The minimum atomic E-state index is -1.39. The second-order valence-corrected chi connectivity index (χ2v) is 5.73. The number of aromatic amines is 1. The summed E-state index contributed by atoms with van der Waals surface area (Å²) >= 11 is 0. The molecule has 116 valence electrons. The number of ketones is 1. The summed E-state index contributed by atoms with van der Waals surface area (Å²) in [6.45, 7) is 3.87. The Kier molecular flexibility index (Phi) is 3.74. The zero-order valence-electron chi connectivity index (χ0n) is 12.7. The number of aliphatic hydroxyl groups excluding tert-OH is 1. The molecule has 1 heterocycles. The lowest BCUT2D eigenvalue weighted by molar-refractivity contribution is -0.155. The second-order valence-electron chi connectivity index (χ2n) is 5.73. The van der Waals surface area contributed by atoms with Crippen molar-refractivity contribution in [3.05, 3.63) is 35.0 Å². The van der Waals surface area contributed by atoms with Gasteiger partial charge in [0.15, 0.2) is 11.9 Å². The Morgan fingerprint density at radius 3 is 3.00 bits per heavy atom. The van der Waals surface area contributed by atoms with Crippen LogP contribution in [0.1, 0.15) is 35.0 Å². The van der Waals surface area contributed by atoms with Crippen LogP contribution in [0, 0.1) is 12.8 Å². The Hall–Kier alpha value is -2.14. The summed E-state index contributed by atoms with van der Waals surface area (Å²) in [4.78, 5) is 27.4. The number of aromatic nitrogens is 1. The zero-order chi connectivity index (χ0) is 15.9. The van der Waals surface area contributed by atoms with Crippen LogP contribution in [0.25, 0.3) is 10.9 Å². The van der Waals surface area contributed by atoms with Gasteiger partial charge in [-0.1, -0.05) is 11.6 Å². The third-order valence-electron chi connectivity index (χ3n) is 4.26. The molecule has 0 radical (unpaired) electrons. The Bertz CT molecular complexity index is 746. The van der Waals surface area contributed by atoms with Crippen molar-refractivity contribution in [1.82, 2.24) is 4.98 Å². The van der Waals surface area contributed by atoms with E-state index in [1.807, 2.05) is 19.1 Å². The molecule has 0 aliphatic heterocycles. The highest BCUT2D eigenvalue weighted by Gasteiger charge is 2.38. The van der Waals surface area contributed by atoms with Crippen molar-refractivity contribution in [3.63, 3.8) is 0 Å². The number of aryl methyl sites for hydroxylation is 2. The van der Waals surface area contributed by atoms with Crippen LogP contribution in [-0.4, -0.2) is 34.6 Å². The van der Waals surface area contributed by atoms with Gasteiger partial charge in [0.2, 0.25) is 0 Å². The molecule has 1 aromatic carbocycles. The van der Waals surface area contributed by atoms with Gasteiger partial charge in [0, 0.05) is 10.9 Å². The monoisotopic (exact) mass is 301 g/mol. The second kappa shape index (κ2) is 5.57. The highest BCUT2D eigenvalue weighted by Crippen LogP contribution is 2.33. The van der Waals surface area contributed by atoms with Gasteiger partial charge in [0.05, 0.1) is 18.2 Å². The Morgan fingerprint density at radius 2 is 2.27 bits per heavy atom. The van der Waals surface area contributed by atoms with Crippen molar-refractivity contribution >= 4 is 22.7 Å². The van der Waals surface area contributed by atoms with Gasteiger partial charge in [0.1, 0.15) is 0 Å². The van der Waals surface area contributed by atoms with Crippen LogP contribution in [0.2, 0.25) is 0 Å². The molecule has 2 aromatic rings. The largest absolute Gasteiger partial charge is 0.464 e. The first-order chi connectivity index (χ1) is 10.5. The van der Waals surface area contributed by atoms with Crippen LogP contribution < -0.4 is 0 Å². The predicted octanol–water partition coefficient (Wildman–Crippen LogP) is 2.15. The van der Waals surface area contributed by atoms with E-state index in [0.29, 0.717) is 18.5 Å². The number of Topliss-reactive ketones (excluding diaryl/α,β-unsaturated/α-hetero) is 1. The average Bonchev–Trinajstić information content (AvgIpc) is 2.86. The van der Waals surface area contributed by atoms with Gasteiger partial charge >= 0.3 is 5.97 Å². The number of carbonyl (C=O) groups excluding carboxylic acids is 2. The van der Waals surface area contributed by atoms with Crippen LogP contribution in [0.15, 0.2) is 18.2 Å². The van der Waals surface area contributed by atoms with Crippen LogP contribution in [-0.2, 0) is 16.0 Å². The fourth-order valence-electron chi connectivity index (χ4n) is 3.14. The number of benzene rings is 1. The topological polar surface area (TPSA) is 79.4 Å². The molecule has 1 aliphatic carbocycles. The van der Waals surface area contributed by atoms with Crippen molar-refractivity contribution in [1.29, 1.82) is 0 Å². The molecule has 1 aliphatic rings. The number of hydrogen-bond donors (Lipinski definition) is 2. The maximum atomic E-state index is 12.6. The van der Waals surface area contributed by atoms with E-state index >= 15 is 0 Å². The minimum absolute atomic E-state index is 0.188. The van der Waals surface area contributed by atoms with E-state index in [4.69, 9.17) is 4.74 Å². The number of H-pyrrole nitrogens is 1. The average molecular weight is 301 g/mol. The van der Waals surface area contributed by atoms with Gasteiger partial charge in [0.25, 0.3) is 0 Å². The fourth-order valence-corrected chi connectivity index (χ4v) is 3.14. The van der Waals surface area contributed by atoms with Crippen molar-refractivity contribution < 1.29 is 19.4 Å². The summed E-state index contributed by atoms with van der Waals surface area (Å²) in [5.41, 5.74) is 3.54. The third kappa shape index (κ3) is 2.31. The Morgan fingerprint density at radius 1 is 1.50 bits per heavy atom. The molecular formula is C17H19NO4. The summed E-state index contributed by atoms with van der Waals surface area (Å²) in [7, 11) is 0. The summed E-state index contributed by atoms with van der Waals surface area (Å²) < 4.78 is 4.82. The van der Waals surface area contributed by atoms with Crippen molar-refractivity contribution in [2.75, 3.05) is 6.61 Å². The molecule has 22 heavy (non-hydrogen) atoms. The molecule has 0 spiro atoms. The summed E-state index contributed by atoms with van der Waals surface area (Å²) in [5.74, 6) is -1.67. The Labute approximate surface area is 128 Å². The molecule has 0 saturated heterocycles. The molecule has 2 N–H and O–H groups in total. The number of rotatable bonds is 3. The first-order valence-corrected chi connectivity index (χ1v) is 7.53. The number of ether oxygens (including phenoxy) is 1. The highest BCUT2D eigenvalue weighted by molar-refractivity contribution is 6.06.